The molecule has 1 aliphatic carbocycles. The summed E-state index contributed by atoms with van der Waals surface area (Å²) in [5.74, 6) is 1.61. The molecule has 0 bridgehead atoms. The molecule has 1 aliphatic rings. The van der Waals surface area contributed by atoms with E-state index < -0.39 is 0 Å². The van der Waals surface area contributed by atoms with E-state index in [-0.39, 0.29) is 5.41 Å². The van der Waals surface area contributed by atoms with Crippen LogP contribution in [-0.4, -0.2) is 12.3 Å². The maximum atomic E-state index is 12.6. The summed E-state index contributed by atoms with van der Waals surface area (Å²) >= 11 is 0. The number of Topliss-reactive ketones (excluding diaryl/α,β-unsaturated/α-hetero) is 1. The maximum absolute atomic E-state index is 12.6. The Hall–Kier alpha value is -0.370. The minimum Gasteiger partial charge on any atom is -0.329 e. The fraction of sp³-hybridized carbons (Fsp3) is 0.933. The monoisotopic (exact) mass is 239 g/mol. The van der Waals surface area contributed by atoms with E-state index in [1.54, 1.807) is 0 Å². The number of rotatable bonds is 6. The Morgan fingerprint density at radius 3 is 2.00 bits per heavy atom. The summed E-state index contributed by atoms with van der Waals surface area (Å²) in [6.07, 6.45) is 7.73. The summed E-state index contributed by atoms with van der Waals surface area (Å²) in [5.41, 5.74) is 5.64. The van der Waals surface area contributed by atoms with Gasteiger partial charge in [-0.1, -0.05) is 27.2 Å². The van der Waals surface area contributed by atoms with Crippen molar-refractivity contribution >= 4 is 5.78 Å². The fourth-order valence-corrected chi connectivity index (χ4v) is 3.25. The fourth-order valence-electron chi connectivity index (χ4n) is 3.25. The van der Waals surface area contributed by atoms with E-state index >= 15 is 0 Å². The highest BCUT2D eigenvalue weighted by atomic mass is 16.1. The molecule has 0 aromatic rings. The summed E-state index contributed by atoms with van der Waals surface area (Å²) in [5, 5.41) is 0. The van der Waals surface area contributed by atoms with Gasteiger partial charge in [0.25, 0.3) is 0 Å². The number of hydrogen-bond donors (Lipinski definition) is 1. The molecule has 0 aromatic heterocycles. The third-order valence-corrected chi connectivity index (χ3v) is 5.06. The highest BCUT2D eigenvalue weighted by molar-refractivity contribution is 5.87. The van der Waals surface area contributed by atoms with Crippen LogP contribution < -0.4 is 5.73 Å². The lowest BCUT2D eigenvalue weighted by Gasteiger charge is -2.35. The van der Waals surface area contributed by atoms with Gasteiger partial charge in [-0.25, -0.2) is 0 Å². The van der Waals surface area contributed by atoms with Crippen LogP contribution in [0.5, 0.6) is 0 Å². The first-order valence-electron chi connectivity index (χ1n) is 7.37. The molecule has 0 aromatic carbocycles. The number of nitrogens with two attached hydrogens (primary N) is 1. The van der Waals surface area contributed by atoms with Gasteiger partial charge in [-0.3, -0.25) is 4.79 Å². The average molecular weight is 239 g/mol. The molecule has 0 spiro atoms. The van der Waals surface area contributed by atoms with Crippen LogP contribution in [0.2, 0.25) is 0 Å². The van der Waals surface area contributed by atoms with Crippen LogP contribution in [0.1, 0.15) is 65.7 Å². The zero-order valence-electron chi connectivity index (χ0n) is 11.8. The van der Waals surface area contributed by atoms with Crippen molar-refractivity contribution in [2.45, 2.75) is 65.7 Å². The first-order valence-corrected chi connectivity index (χ1v) is 7.37. The van der Waals surface area contributed by atoms with Crippen LogP contribution >= 0.6 is 0 Å². The van der Waals surface area contributed by atoms with Crippen molar-refractivity contribution in [2.24, 2.45) is 23.0 Å². The molecule has 0 aliphatic heterocycles. The van der Waals surface area contributed by atoms with Gasteiger partial charge in [-0.05, 0) is 44.4 Å². The molecule has 0 saturated heterocycles. The smallest absolute Gasteiger partial charge is 0.143 e. The van der Waals surface area contributed by atoms with Gasteiger partial charge in [-0.15, -0.1) is 0 Å². The second-order valence-electron chi connectivity index (χ2n) is 5.68. The van der Waals surface area contributed by atoms with Crippen molar-refractivity contribution in [3.8, 4) is 0 Å². The molecule has 2 N–H and O–H groups in total. The van der Waals surface area contributed by atoms with Crippen LogP contribution in [-0.2, 0) is 4.79 Å². The van der Waals surface area contributed by atoms with Crippen molar-refractivity contribution in [1.29, 1.82) is 0 Å². The van der Waals surface area contributed by atoms with E-state index in [0.717, 1.165) is 31.6 Å². The minimum absolute atomic E-state index is 0.232. The molecule has 1 fully saturated rings. The van der Waals surface area contributed by atoms with Crippen LogP contribution in [0, 0.1) is 17.3 Å². The molecule has 0 unspecified atom stereocenters. The Balaban J connectivity index is 2.64. The van der Waals surface area contributed by atoms with Gasteiger partial charge < -0.3 is 5.73 Å². The Kier molecular flexibility index (Phi) is 5.64. The second-order valence-corrected chi connectivity index (χ2v) is 5.68. The predicted molar refractivity (Wildman–Crippen MR) is 72.8 cm³/mol. The summed E-state index contributed by atoms with van der Waals surface area (Å²) in [7, 11) is 0. The van der Waals surface area contributed by atoms with Gasteiger partial charge >= 0.3 is 0 Å². The number of carbonyl (C=O) groups is 1. The Morgan fingerprint density at radius 2 is 1.65 bits per heavy atom. The summed E-state index contributed by atoms with van der Waals surface area (Å²) in [4.78, 5) is 12.6. The van der Waals surface area contributed by atoms with Gasteiger partial charge in [0.15, 0.2) is 0 Å². The summed E-state index contributed by atoms with van der Waals surface area (Å²) < 4.78 is 0. The van der Waals surface area contributed by atoms with Gasteiger partial charge in [0, 0.05) is 17.9 Å². The molecule has 0 atom stereocenters. The lowest BCUT2D eigenvalue weighted by atomic mass is 9.68. The van der Waals surface area contributed by atoms with Crippen molar-refractivity contribution in [2.75, 3.05) is 6.54 Å². The zero-order chi connectivity index (χ0) is 12.9. The van der Waals surface area contributed by atoms with E-state index in [1.807, 2.05) is 0 Å². The molecule has 1 rings (SSSR count). The third kappa shape index (κ3) is 3.09. The number of hydrogen-bond acceptors (Lipinski definition) is 2. The van der Waals surface area contributed by atoms with E-state index in [9.17, 15) is 4.79 Å². The largest absolute Gasteiger partial charge is 0.329 e. The lowest BCUT2D eigenvalue weighted by Crippen LogP contribution is -2.42. The molecule has 2 nitrogen and oxygen atoms in total. The minimum atomic E-state index is -0.232. The van der Waals surface area contributed by atoms with Gasteiger partial charge in [-0.2, -0.15) is 0 Å². The first-order chi connectivity index (χ1) is 8.13. The lowest BCUT2D eigenvalue weighted by molar-refractivity contribution is -0.134. The third-order valence-electron chi connectivity index (χ3n) is 5.06. The van der Waals surface area contributed by atoms with Crippen molar-refractivity contribution in [3.05, 3.63) is 0 Å². The van der Waals surface area contributed by atoms with Crippen LogP contribution in [0.25, 0.3) is 0 Å². The first kappa shape index (κ1) is 14.7. The van der Waals surface area contributed by atoms with Crippen molar-refractivity contribution < 1.29 is 4.79 Å². The van der Waals surface area contributed by atoms with Crippen LogP contribution in [0.4, 0.5) is 0 Å². The molecule has 1 saturated carbocycles. The number of ketones is 1. The molecule has 100 valence electrons. The van der Waals surface area contributed by atoms with Gasteiger partial charge in [0.05, 0.1) is 0 Å². The SMILES string of the molecule is CCC1CCC(C(=O)C(CC)(CC)CN)CC1. The second kappa shape index (κ2) is 6.53. The standard InChI is InChI=1S/C15H29NO/c1-4-12-7-9-13(10-8-12)14(17)15(5-2,6-3)11-16/h12-13H,4-11,16H2,1-3H3. The van der Waals surface area contributed by atoms with Gasteiger partial charge in [0.2, 0.25) is 0 Å². The molecule has 0 heterocycles. The summed E-state index contributed by atoms with van der Waals surface area (Å²) in [6.45, 7) is 6.99. The van der Waals surface area contributed by atoms with E-state index in [2.05, 4.69) is 20.8 Å². The van der Waals surface area contributed by atoms with Gasteiger partial charge in [0.1, 0.15) is 5.78 Å². The molecule has 0 amide bonds. The van der Waals surface area contributed by atoms with E-state index in [4.69, 9.17) is 5.73 Å². The molecule has 0 radical (unpaired) electrons. The quantitative estimate of drug-likeness (QED) is 0.770. The van der Waals surface area contributed by atoms with Crippen LogP contribution in [0.3, 0.4) is 0 Å². The average Bonchev–Trinajstić information content (AvgIpc) is 2.41. The number of carbonyl (C=O) groups excluding carboxylic acids is 1. The van der Waals surface area contributed by atoms with Crippen molar-refractivity contribution in [3.63, 3.8) is 0 Å². The van der Waals surface area contributed by atoms with E-state index in [0.29, 0.717) is 18.2 Å². The predicted octanol–water partition coefficient (Wildman–Crippen LogP) is 3.54. The summed E-state index contributed by atoms with van der Waals surface area (Å²) in [6, 6.07) is 0. The Bertz CT molecular complexity index is 229. The molecule has 2 heteroatoms. The van der Waals surface area contributed by atoms with E-state index in [1.165, 1.54) is 19.3 Å². The Labute approximate surface area is 106 Å². The molecular formula is C15H29NO. The topological polar surface area (TPSA) is 43.1 Å². The molecule has 17 heavy (non-hydrogen) atoms. The Morgan fingerprint density at radius 1 is 1.12 bits per heavy atom. The highest BCUT2D eigenvalue weighted by Gasteiger charge is 2.38. The van der Waals surface area contributed by atoms with Crippen molar-refractivity contribution in [1.82, 2.24) is 0 Å². The highest BCUT2D eigenvalue weighted by Crippen LogP contribution is 2.37. The maximum Gasteiger partial charge on any atom is 0.143 e. The molecular weight excluding hydrogens is 210 g/mol. The van der Waals surface area contributed by atoms with Crippen LogP contribution in [0.15, 0.2) is 0 Å². The zero-order valence-corrected chi connectivity index (χ0v) is 11.8. The normalized spacial score (nSPS) is 25.9.